The minimum absolute atomic E-state index is 0.109. The van der Waals surface area contributed by atoms with Gasteiger partial charge in [-0.3, -0.25) is 0 Å². The molecule has 0 radical (unpaired) electrons. The van der Waals surface area contributed by atoms with Crippen molar-refractivity contribution in [1.29, 1.82) is 0 Å². The first-order valence-electron chi connectivity index (χ1n) is 11.7. The Morgan fingerprint density at radius 2 is 1.71 bits per heavy atom. The van der Waals surface area contributed by atoms with Crippen LogP contribution in [0.5, 0.6) is 11.5 Å². The van der Waals surface area contributed by atoms with E-state index in [0.29, 0.717) is 34.7 Å². The molecule has 1 N–H and O–H groups in total. The van der Waals surface area contributed by atoms with Crippen LogP contribution >= 0.6 is 11.6 Å². The highest BCUT2D eigenvalue weighted by atomic mass is 35.5. The molecular weight excluding hydrogens is 413 g/mol. The lowest BCUT2D eigenvalue weighted by atomic mass is 9.54. The van der Waals surface area contributed by atoms with Crippen LogP contribution in [0.3, 0.4) is 0 Å². The standard InChI is InChI=1S/C26H31ClFNO2/c1-2-30-24-13-18(12-22(27)26(24)31-15-19-5-3-4-6-23(19)28)14-29-25-20-8-16-7-17(10-20)11-21(25)9-16/h3-6,12-13,16-17,20-21,25,29H,2,7-11,14-15H2,1H3. The number of halogens is 2. The van der Waals surface area contributed by atoms with E-state index in [1.165, 1.54) is 38.2 Å². The molecule has 2 aromatic rings. The molecular formula is C26H31ClFNO2. The van der Waals surface area contributed by atoms with Crippen molar-refractivity contribution >= 4 is 11.6 Å². The van der Waals surface area contributed by atoms with Gasteiger partial charge in [0.25, 0.3) is 0 Å². The molecule has 0 aromatic heterocycles. The highest BCUT2D eigenvalue weighted by Gasteiger charge is 2.47. The zero-order valence-electron chi connectivity index (χ0n) is 18.1. The SMILES string of the molecule is CCOc1cc(CNC2C3CC4CC(C3)CC2C4)cc(Cl)c1OCc1ccccc1F. The summed E-state index contributed by atoms with van der Waals surface area (Å²) in [6, 6.07) is 11.2. The van der Waals surface area contributed by atoms with E-state index in [1.807, 2.05) is 19.1 Å². The maximum atomic E-state index is 14.0. The van der Waals surface area contributed by atoms with Gasteiger partial charge in [-0.25, -0.2) is 4.39 Å². The Morgan fingerprint density at radius 1 is 1.00 bits per heavy atom. The van der Waals surface area contributed by atoms with E-state index < -0.39 is 0 Å². The van der Waals surface area contributed by atoms with Crippen LogP contribution in [0.25, 0.3) is 0 Å². The molecule has 0 spiro atoms. The Balaban J connectivity index is 1.28. The van der Waals surface area contributed by atoms with Crippen molar-refractivity contribution in [3.05, 3.63) is 58.4 Å². The van der Waals surface area contributed by atoms with Crippen LogP contribution in [0.4, 0.5) is 4.39 Å². The summed E-state index contributed by atoms with van der Waals surface area (Å²) in [6.45, 7) is 3.34. The molecule has 0 atom stereocenters. The summed E-state index contributed by atoms with van der Waals surface area (Å²) >= 11 is 6.59. The monoisotopic (exact) mass is 443 g/mol. The second-order valence-electron chi connectivity index (χ2n) is 9.56. The molecule has 3 nitrogen and oxygen atoms in total. The van der Waals surface area contributed by atoms with Crippen molar-refractivity contribution in [1.82, 2.24) is 5.32 Å². The molecule has 4 aliphatic rings. The van der Waals surface area contributed by atoms with Crippen LogP contribution < -0.4 is 14.8 Å². The van der Waals surface area contributed by atoms with Gasteiger partial charge in [0.05, 0.1) is 11.6 Å². The first-order valence-corrected chi connectivity index (χ1v) is 12.0. The Morgan fingerprint density at radius 3 is 2.39 bits per heavy atom. The predicted molar refractivity (Wildman–Crippen MR) is 121 cm³/mol. The van der Waals surface area contributed by atoms with Gasteiger partial charge in [-0.15, -0.1) is 0 Å². The van der Waals surface area contributed by atoms with Gasteiger partial charge >= 0.3 is 0 Å². The first-order chi connectivity index (χ1) is 15.1. The van der Waals surface area contributed by atoms with E-state index in [1.54, 1.807) is 18.2 Å². The quantitative estimate of drug-likeness (QED) is 0.514. The fourth-order valence-electron chi connectivity index (χ4n) is 6.39. The highest BCUT2D eigenvalue weighted by molar-refractivity contribution is 6.32. The van der Waals surface area contributed by atoms with Gasteiger partial charge in [-0.2, -0.15) is 0 Å². The van der Waals surface area contributed by atoms with E-state index in [9.17, 15) is 4.39 Å². The van der Waals surface area contributed by atoms with Crippen LogP contribution in [0.2, 0.25) is 5.02 Å². The van der Waals surface area contributed by atoms with Crippen molar-refractivity contribution < 1.29 is 13.9 Å². The maximum Gasteiger partial charge on any atom is 0.180 e. The Hall–Kier alpha value is -1.78. The van der Waals surface area contributed by atoms with Crippen LogP contribution in [-0.2, 0) is 13.2 Å². The van der Waals surface area contributed by atoms with Crippen LogP contribution in [0.15, 0.2) is 36.4 Å². The van der Waals surface area contributed by atoms with Crippen molar-refractivity contribution in [2.75, 3.05) is 6.61 Å². The second-order valence-corrected chi connectivity index (χ2v) is 9.96. The number of rotatable bonds is 8. The third kappa shape index (κ3) is 4.42. The minimum Gasteiger partial charge on any atom is -0.490 e. The first kappa shape index (κ1) is 21.1. The van der Waals surface area contributed by atoms with E-state index >= 15 is 0 Å². The molecule has 4 saturated carbocycles. The zero-order valence-corrected chi connectivity index (χ0v) is 18.8. The summed E-state index contributed by atoms with van der Waals surface area (Å²) in [6.07, 6.45) is 7.08. The van der Waals surface area contributed by atoms with Crippen LogP contribution in [-0.4, -0.2) is 12.6 Å². The largest absolute Gasteiger partial charge is 0.490 e. The number of hydrogen-bond donors (Lipinski definition) is 1. The molecule has 4 fully saturated rings. The number of nitrogens with one attached hydrogen (secondary N) is 1. The molecule has 5 heteroatoms. The summed E-state index contributed by atoms with van der Waals surface area (Å²) in [5, 5.41) is 4.36. The number of ether oxygens (including phenoxy) is 2. The van der Waals surface area contributed by atoms with Gasteiger partial charge in [0.2, 0.25) is 0 Å². The van der Waals surface area contributed by atoms with Gasteiger partial charge in [0.1, 0.15) is 12.4 Å². The van der Waals surface area contributed by atoms with Gasteiger partial charge in [0.15, 0.2) is 11.5 Å². The fraction of sp³-hybridized carbons (Fsp3) is 0.538. The van der Waals surface area contributed by atoms with E-state index in [4.69, 9.17) is 21.1 Å². The minimum atomic E-state index is -0.284. The second kappa shape index (κ2) is 8.99. The molecule has 0 heterocycles. The summed E-state index contributed by atoms with van der Waals surface area (Å²) in [5.41, 5.74) is 1.59. The third-order valence-corrected chi connectivity index (χ3v) is 7.75. The maximum absolute atomic E-state index is 14.0. The lowest BCUT2D eigenvalue weighted by Gasteiger charge is -2.54. The van der Waals surface area contributed by atoms with Gasteiger partial charge < -0.3 is 14.8 Å². The molecule has 31 heavy (non-hydrogen) atoms. The Labute approximate surface area is 189 Å². The van der Waals surface area contributed by atoms with Crippen molar-refractivity contribution in [2.45, 2.75) is 58.2 Å². The normalized spacial score (nSPS) is 28.7. The Bertz CT molecular complexity index is 906. The smallest absolute Gasteiger partial charge is 0.180 e. The molecule has 166 valence electrons. The molecule has 4 aliphatic carbocycles. The van der Waals surface area contributed by atoms with Gasteiger partial charge in [0, 0.05) is 18.2 Å². The lowest BCUT2D eigenvalue weighted by molar-refractivity contribution is -0.0142. The van der Waals surface area contributed by atoms with Gasteiger partial charge in [-0.1, -0.05) is 29.8 Å². The molecule has 4 bridgehead atoms. The summed E-state index contributed by atoms with van der Waals surface area (Å²) in [7, 11) is 0. The topological polar surface area (TPSA) is 30.5 Å². The average molecular weight is 444 g/mol. The zero-order chi connectivity index (χ0) is 21.4. The molecule has 0 saturated heterocycles. The molecule has 0 unspecified atom stereocenters. The Kier molecular flexibility index (Phi) is 6.12. The average Bonchev–Trinajstić information content (AvgIpc) is 2.73. The van der Waals surface area contributed by atoms with Crippen LogP contribution in [0.1, 0.15) is 50.2 Å². The van der Waals surface area contributed by atoms with E-state index in [0.717, 1.165) is 35.8 Å². The summed E-state index contributed by atoms with van der Waals surface area (Å²) < 4.78 is 25.7. The number of hydrogen-bond acceptors (Lipinski definition) is 3. The fourth-order valence-corrected chi connectivity index (χ4v) is 6.67. The molecule has 0 aliphatic heterocycles. The van der Waals surface area contributed by atoms with Gasteiger partial charge in [-0.05, 0) is 86.5 Å². The molecule has 6 rings (SSSR count). The van der Waals surface area contributed by atoms with Crippen molar-refractivity contribution in [3.8, 4) is 11.5 Å². The molecule has 0 amide bonds. The van der Waals surface area contributed by atoms with Crippen molar-refractivity contribution in [2.24, 2.45) is 23.7 Å². The van der Waals surface area contributed by atoms with Crippen molar-refractivity contribution in [3.63, 3.8) is 0 Å². The predicted octanol–water partition coefficient (Wildman–Crippen LogP) is 6.37. The highest BCUT2D eigenvalue weighted by Crippen LogP contribution is 2.53. The summed E-state index contributed by atoms with van der Waals surface area (Å²) in [5.74, 6) is 4.44. The number of benzene rings is 2. The van der Waals surface area contributed by atoms with Crippen LogP contribution in [0, 0.1) is 29.5 Å². The molecule has 2 aromatic carbocycles. The van der Waals surface area contributed by atoms with E-state index in [-0.39, 0.29) is 12.4 Å². The van der Waals surface area contributed by atoms with E-state index in [2.05, 4.69) is 5.32 Å². The third-order valence-electron chi connectivity index (χ3n) is 7.47. The lowest BCUT2D eigenvalue weighted by Crippen LogP contribution is -2.54. The summed E-state index contributed by atoms with van der Waals surface area (Å²) in [4.78, 5) is 0.